The Morgan fingerprint density at radius 2 is 1.95 bits per heavy atom. The fraction of sp³-hybridized carbons (Fsp3) is 0.562. The van der Waals surface area contributed by atoms with Crippen LogP contribution in [0.2, 0.25) is 0 Å². The van der Waals surface area contributed by atoms with Crippen LogP contribution in [0.4, 0.5) is 0 Å². The molecule has 0 bridgehead atoms. The van der Waals surface area contributed by atoms with E-state index in [1.807, 2.05) is 37.3 Å². The van der Waals surface area contributed by atoms with E-state index < -0.39 is 5.54 Å². The van der Waals surface area contributed by atoms with Gasteiger partial charge in [-0.15, -0.1) is 0 Å². The molecule has 2 aliphatic rings. The number of nitrogens with two attached hydrogens (primary N) is 1. The predicted octanol–water partition coefficient (Wildman–Crippen LogP) is 2.02. The van der Waals surface area contributed by atoms with E-state index in [4.69, 9.17) is 5.73 Å². The van der Waals surface area contributed by atoms with E-state index in [-0.39, 0.29) is 11.8 Å². The Morgan fingerprint density at radius 1 is 1.32 bits per heavy atom. The highest BCUT2D eigenvalue weighted by Crippen LogP contribution is 2.57. The lowest BCUT2D eigenvalue weighted by Crippen LogP contribution is -2.49. The summed E-state index contributed by atoms with van der Waals surface area (Å²) in [6, 6.07) is 10.0. The van der Waals surface area contributed by atoms with Gasteiger partial charge < -0.3 is 11.1 Å². The first-order chi connectivity index (χ1) is 9.15. The molecule has 3 nitrogen and oxygen atoms in total. The summed E-state index contributed by atoms with van der Waals surface area (Å²) in [6.45, 7) is 2.43. The first kappa shape index (κ1) is 12.7. The Balaban J connectivity index is 1.71. The fourth-order valence-corrected chi connectivity index (χ4v) is 3.61. The predicted molar refractivity (Wildman–Crippen MR) is 75.3 cm³/mol. The second kappa shape index (κ2) is 4.64. The molecule has 3 N–H and O–H groups in total. The lowest BCUT2D eigenvalue weighted by Gasteiger charge is -2.30. The number of hydrogen-bond donors (Lipinski definition) is 2. The monoisotopic (exact) mass is 258 g/mol. The molecule has 3 unspecified atom stereocenters. The molecule has 0 heterocycles. The zero-order valence-electron chi connectivity index (χ0n) is 11.4. The number of benzene rings is 1. The summed E-state index contributed by atoms with van der Waals surface area (Å²) in [5, 5.41) is 3.19. The average molecular weight is 258 g/mol. The van der Waals surface area contributed by atoms with Crippen LogP contribution < -0.4 is 11.1 Å². The van der Waals surface area contributed by atoms with Gasteiger partial charge in [-0.1, -0.05) is 36.8 Å². The topological polar surface area (TPSA) is 55.1 Å². The highest BCUT2D eigenvalue weighted by atomic mass is 16.2. The molecule has 0 radical (unpaired) electrons. The molecule has 1 aromatic rings. The lowest BCUT2D eigenvalue weighted by atomic mass is 9.91. The minimum Gasteiger partial charge on any atom is -0.345 e. The molecule has 1 aromatic carbocycles. The lowest BCUT2D eigenvalue weighted by molar-refractivity contribution is -0.124. The number of fused-ring (bicyclic) bond motifs is 1. The Kier molecular flexibility index (Phi) is 3.09. The molecule has 2 fully saturated rings. The Labute approximate surface area is 114 Å². The maximum Gasteiger partial charge on any atom is 0.224 e. The summed E-state index contributed by atoms with van der Waals surface area (Å²) < 4.78 is 0. The highest BCUT2D eigenvalue weighted by Gasteiger charge is 2.57. The molecule has 3 rings (SSSR count). The number of amides is 1. The Morgan fingerprint density at radius 3 is 2.53 bits per heavy atom. The summed E-state index contributed by atoms with van der Waals surface area (Å²) in [5.41, 5.74) is 6.54. The Hall–Kier alpha value is -1.35. The third-order valence-electron chi connectivity index (χ3n) is 4.93. The second-order valence-electron chi connectivity index (χ2n) is 6.18. The van der Waals surface area contributed by atoms with Crippen molar-refractivity contribution < 1.29 is 4.79 Å². The van der Waals surface area contributed by atoms with Gasteiger partial charge in [-0.05, 0) is 37.2 Å². The molecule has 2 saturated carbocycles. The van der Waals surface area contributed by atoms with Crippen LogP contribution in [0.5, 0.6) is 0 Å². The van der Waals surface area contributed by atoms with E-state index >= 15 is 0 Å². The van der Waals surface area contributed by atoms with Crippen LogP contribution in [0.3, 0.4) is 0 Å². The third kappa shape index (κ3) is 2.16. The molecule has 2 aliphatic carbocycles. The van der Waals surface area contributed by atoms with Gasteiger partial charge in [-0.3, -0.25) is 4.79 Å². The third-order valence-corrected chi connectivity index (χ3v) is 4.93. The van der Waals surface area contributed by atoms with E-state index in [0.717, 1.165) is 5.56 Å². The summed E-state index contributed by atoms with van der Waals surface area (Å²) in [6.07, 6.45) is 3.76. The minimum atomic E-state index is -0.449. The van der Waals surface area contributed by atoms with Gasteiger partial charge in [0.15, 0.2) is 0 Å². The molecular formula is C16H22N2O. The number of rotatable bonds is 4. The van der Waals surface area contributed by atoms with Crippen LogP contribution in [0.15, 0.2) is 30.3 Å². The zero-order valence-corrected chi connectivity index (χ0v) is 11.4. The standard InChI is InChI=1S/C16H22N2O/c1-16(10-17,11-6-3-2-4-7-11)18-15(19)14-12-8-5-9-13(12)14/h2-4,6-7,12-14H,5,8-10,17H2,1H3,(H,18,19). The minimum absolute atomic E-state index is 0.200. The summed E-state index contributed by atoms with van der Waals surface area (Å²) in [4.78, 5) is 12.4. The smallest absolute Gasteiger partial charge is 0.224 e. The second-order valence-corrected chi connectivity index (χ2v) is 6.18. The number of nitrogens with one attached hydrogen (secondary N) is 1. The van der Waals surface area contributed by atoms with Gasteiger partial charge in [0, 0.05) is 12.5 Å². The van der Waals surface area contributed by atoms with Gasteiger partial charge in [0.05, 0.1) is 5.54 Å². The highest BCUT2D eigenvalue weighted by molar-refractivity contribution is 5.83. The molecule has 0 spiro atoms. The van der Waals surface area contributed by atoms with Gasteiger partial charge in [-0.2, -0.15) is 0 Å². The van der Waals surface area contributed by atoms with Crippen LogP contribution >= 0.6 is 0 Å². The quantitative estimate of drug-likeness (QED) is 0.868. The van der Waals surface area contributed by atoms with Crippen LogP contribution in [0.1, 0.15) is 31.7 Å². The van der Waals surface area contributed by atoms with Crippen molar-refractivity contribution in [1.29, 1.82) is 0 Å². The van der Waals surface area contributed by atoms with Crippen molar-refractivity contribution in [1.82, 2.24) is 5.32 Å². The van der Waals surface area contributed by atoms with Crippen molar-refractivity contribution in [2.45, 2.75) is 31.7 Å². The summed E-state index contributed by atoms with van der Waals surface area (Å²) in [5.74, 6) is 1.76. The van der Waals surface area contributed by atoms with Gasteiger partial charge in [-0.25, -0.2) is 0 Å². The fourth-order valence-electron chi connectivity index (χ4n) is 3.61. The molecule has 0 aliphatic heterocycles. The molecule has 19 heavy (non-hydrogen) atoms. The van der Waals surface area contributed by atoms with Crippen LogP contribution in [-0.4, -0.2) is 12.5 Å². The average Bonchev–Trinajstić information content (AvgIpc) is 2.93. The molecule has 1 amide bonds. The zero-order chi connectivity index (χ0) is 13.5. The SMILES string of the molecule is CC(CN)(NC(=O)C1C2CCCC21)c1ccccc1. The van der Waals surface area contributed by atoms with Crippen LogP contribution in [0, 0.1) is 17.8 Å². The summed E-state index contributed by atoms with van der Waals surface area (Å²) in [7, 11) is 0. The van der Waals surface area contributed by atoms with Crippen molar-refractivity contribution in [2.75, 3.05) is 6.54 Å². The molecule has 3 atom stereocenters. The van der Waals surface area contributed by atoms with E-state index in [9.17, 15) is 4.79 Å². The molecule has 102 valence electrons. The Bertz CT molecular complexity index is 463. The molecular weight excluding hydrogens is 236 g/mol. The largest absolute Gasteiger partial charge is 0.345 e. The van der Waals surface area contributed by atoms with Crippen LogP contribution in [-0.2, 0) is 10.3 Å². The van der Waals surface area contributed by atoms with Gasteiger partial charge in [0.1, 0.15) is 0 Å². The molecule has 0 aromatic heterocycles. The van der Waals surface area contributed by atoms with Gasteiger partial charge in [0.2, 0.25) is 5.91 Å². The van der Waals surface area contributed by atoms with Crippen molar-refractivity contribution in [3.8, 4) is 0 Å². The normalized spacial score (nSPS) is 31.4. The first-order valence-electron chi connectivity index (χ1n) is 7.23. The molecule has 3 heteroatoms. The van der Waals surface area contributed by atoms with Crippen molar-refractivity contribution in [3.05, 3.63) is 35.9 Å². The van der Waals surface area contributed by atoms with Crippen molar-refractivity contribution >= 4 is 5.91 Å². The molecule has 0 saturated heterocycles. The number of carbonyl (C=O) groups is 1. The van der Waals surface area contributed by atoms with Crippen molar-refractivity contribution in [2.24, 2.45) is 23.5 Å². The van der Waals surface area contributed by atoms with E-state index in [1.165, 1.54) is 19.3 Å². The maximum atomic E-state index is 12.4. The number of carbonyl (C=O) groups excluding carboxylic acids is 1. The van der Waals surface area contributed by atoms with Gasteiger partial charge >= 0.3 is 0 Å². The number of hydrogen-bond acceptors (Lipinski definition) is 2. The summed E-state index contributed by atoms with van der Waals surface area (Å²) >= 11 is 0. The van der Waals surface area contributed by atoms with Gasteiger partial charge in [0.25, 0.3) is 0 Å². The van der Waals surface area contributed by atoms with E-state index in [1.54, 1.807) is 0 Å². The van der Waals surface area contributed by atoms with Crippen LogP contribution in [0.25, 0.3) is 0 Å². The maximum absolute atomic E-state index is 12.4. The van der Waals surface area contributed by atoms with E-state index in [2.05, 4.69) is 5.32 Å². The first-order valence-corrected chi connectivity index (χ1v) is 7.23. The van der Waals surface area contributed by atoms with Crippen molar-refractivity contribution in [3.63, 3.8) is 0 Å². The van der Waals surface area contributed by atoms with E-state index in [0.29, 0.717) is 18.4 Å².